The molecule has 0 aromatic carbocycles. The van der Waals surface area contributed by atoms with Gasteiger partial charge in [-0.1, -0.05) is 72.1 Å². The van der Waals surface area contributed by atoms with Gasteiger partial charge in [0.05, 0.1) is 12.8 Å². The van der Waals surface area contributed by atoms with Crippen molar-refractivity contribution in [2.45, 2.75) is 110 Å². The number of ether oxygens (including phenoxy) is 1. The van der Waals surface area contributed by atoms with Gasteiger partial charge in [0.2, 0.25) is 11.8 Å². The highest BCUT2D eigenvalue weighted by Crippen LogP contribution is 2.12. The maximum atomic E-state index is 12.6. The lowest BCUT2D eigenvalue weighted by Crippen LogP contribution is -2.36. The monoisotopic (exact) mass is 426 g/mol. The van der Waals surface area contributed by atoms with Crippen LogP contribution in [0.3, 0.4) is 0 Å². The zero-order chi connectivity index (χ0) is 22.8. The van der Waals surface area contributed by atoms with Crippen LogP contribution in [0.1, 0.15) is 104 Å². The van der Waals surface area contributed by atoms with Crippen molar-refractivity contribution in [2.24, 2.45) is 0 Å². The molecule has 0 rings (SSSR count). The predicted octanol–water partition coefficient (Wildman–Crippen LogP) is 4.95. The fourth-order valence-corrected chi connectivity index (χ4v) is 3.28. The number of esters is 1. The lowest BCUT2D eigenvalue weighted by Gasteiger charge is -2.24. The van der Waals surface area contributed by atoms with E-state index in [-0.39, 0.29) is 37.0 Å². The van der Waals surface area contributed by atoms with Gasteiger partial charge in [0, 0.05) is 33.6 Å². The van der Waals surface area contributed by atoms with E-state index in [0.717, 1.165) is 25.7 Å². The maximum Gasteiger partial charge on any atom is 0.305 e. The van der Waals surface area contributed by atoms with Crippen LogP contribution in [0, 0.1) is 0 Å². The Hall–Kier alpha value is -1.59. The molecule has 0 saturated heterocycles. The number of carbonyl (C=O) groups excluding carboxylic acids is 3. The molecule has 0 atom stereocenters. The summed E-state index contributed by atoms with van der Waals surface area (Å²) >= 11 is 0. The summed E-state index contributed by atoms with van der Waals surface area (Å²) in [4.78, 5) is 40.3. The molecule has 0 N–H and O–H groups in total. The molecule has 176 valence electrons. The van der Waals surface area contributed by atoms with Gasteiger partial charge < -0.3 is 14.5 Å². The summed E-state index contributed by atoms with van der Waals surface area (Å²) in [5.74, 6) is -0.520. The second-order valence-corrected chi connectivity index (χ2v) is 8.33. The first kappa shape index (κ1) is 28.4. The van der Waals surface area contributed by atoms with Crippen LogP contribution in [0.25, 0.3) is 0 Å². The number of unbranched alkanes of at least 4 members (excludes halogenated alkanes) is 8. The highest BCUT2D eigenvalue weighted by Gasteiger charge is 2.24. The van der Waals surface area contributed by atoms with Crippen LogP contribution in [-0.4, -0.2) is 60.9 Å². The van der Waals surface area contributed by atoms with E-state index in [0.29, 0.717) is 13.1 Å². The SMILES string of the molecule is CCCCCCCN(C)C(=O)CC(CC(=O)N(C)CCCCCCC)OC(=O)CC. The van der Waals surface area contributed by atoms with Crippen molar-refractivity contribution in [3.63, 3.8) is 0 Å². The first-order chi connectivity index (χ1) is 14.3. The lowest BCUT2D eigenvalue weighted by molar-refractivity contribution is -0.153. The minimum atomic E-state index is -0.692. The summed E-state index contributed by atoms with van der Waals surface area (Å²) in [5, 5.41) is 0. The van der Waals surface area contributed by atoms with Crippen molar-refractivity contribution >= 4 is 17.8 Å². The summed E-state index contributed by atoms with van der Waals surface area (Å²) < 4.78 is 5.42. The van der Waals surface area contributed by atoms with E-state index in [1.165, 1.54) is 38.5 Å². The number of carbonyl (C=O) groups is 3. The molecule has 0 heterocycles. The second kappa shape index (κ2) is 18.2. The van der Waals surface area contributed by atoms with E-state index < -0.39 is 6.10 Å². The van der Waals surface area contributed by atoms with Crippen LogP contribution in [0.4, 0.5) is 0 Å². The molecular weight excluding hydrogens is 380 g/mol. The van der Waals surface area contributed by atoms with Gasteiger partial charge in [-0.05, 0) is 12.8 Å². The van der Waals surface area contributed by atoms with Gasteiger partial charge in [-0.2, -0.15) is 0 Å². The van der Waals surface area contributed by atoms with Crippen molar-refractivity contribution in [3.05, 3.63) is 0 Å². The van der Waals surface area contributed by atoms with Gasteiger partial charge in [-0.15, -0.1) is 0 Å². The van der Waals surface area contributed by atoms with E-state index in [1.807, 2.05) is 0 Å². The van der Waals surface area contributed by atoms with Crippen molar-refractivity contribution in [3.8, 4) is 0 Å². The Morgan fingerprint density at radius 2 is 1.07 bits per heavy atom. The summed E-state index contributed by atoms with van der Waals surface area (Å²) in [7, 11) is 3.57. The van der Waals surface area contributed by atoms with Gasteiger partial charge in [-0.25, -0.2) is 0 Å². The van der Waals surface area contributed by atoms with Gasteiger partial charge in [0.25, 0.3) is 0 Å². The molecule has 0 aromatic heterocycles. The number of hydrogen-bond donors (Lipinski definition) is 0. The molecule has 0 aliphatic rings. The summed E-state index contributed by atoms with van der Waals surface area (Å²) in [6.07, 6.45) is 11.1. The molecule has 0 fully saturated rings. The summed E-state index contributed by atoms with van der Waals surface area (Å²) in [6, 6.07) is 0. The Balaban J connectivity index is 4.54. The Bertz CT molecular complexity index is 448. The zero-order valence-corrected chi connectivity index (χ0v) is 20.2. The van der Waals surface area contributed by atoms with Crippen molar-refractivity contribution < 1.29 is 19.1 Å². The summed E-state index contributed by atoms with van der Waals surface area (Å²) in [5.41, 5.74) is 0. The largest absolute Gasteiger partial charge is 0.461 e. The van der Waals surface area contributed by atoms with E-state index >= 15 is 0 Å². The number of amides is 2. The molecule has 2 amide bonds. The molecule has 0 radical (unpaired) electrons. The molecule has 0 aliphatic carbocycles. The molecule has 0 aromatic rings. The third kappa shape index (κ3) is 14.4. The lowest BCUT2D eigenvalue weighted by atomic mass is 10.1. The molecule has 0 bridgehead atoms. The predicted molar refractivity (Wildman–Crippen MR) is 122 cm³/mol. The van der Waals surface area contributed by atoms with E-state index in [9.17, 15) is 14.4 Å². The van der Waals surface area contributed by atoms with Crippen molar-refractivity contribution in [1.29, 1.82) is 0 Å². The molecular formula is C24H46N2O4. The average Bonchev–Trinajstić information content (AvgIpc) is 2.72. The molecule has 0 aliphatic heterocycles. The number of hydrogen-bond acceptors (Lipinski definition) is 4. The number of nitrogens with zero attached hydrogens (tertiary/aromatic N) is 2. The highest BCUT2D eigenvalue weighted by molar-refractivity contribution is 5.80. The summed E-state index contributed by atoms with van der Waals surface area (Å²) in [6.45, 7) is 7.47. The van der Waals surface area contributed by atoms with E-state index in [4.69, 9.17) is 4.74 Å². The smallest absolute Gasteiger partial charge is 0.305 e. The normalized spacial score (nSPS) is 10.9. The fraction of sp³-hybridized carbons (Fsp3) is 0.875. The van der Waals surface area contributed by atoms with Crippen LogP contribution in [0.5, 0.6) is 0 Å². The average molecular weight is 427 g/mol. The quantitative estimate of drug-likeness (QED) is 0.230. The molecule has 6 nitrogen and oxygen atoms in total. The van der Waals surface area contributed by atoms with Crippen LogP contribution < -0.4 is 0 Å². The molecule has 0 unspecified atom stereocenters. The third-order valence-electron chi connectivity index (χ3n) is 5.44. The molecule has 6 heteroatoms. The molecule has 0 spiro atoms. The van der Waals surface area contributed by atoms with E-state index in [1.54, 1.807) is 30.8 Å². The van der Waals surface area contributed by atoms with Gasteiger partial charge in [0.1, 0.15) is 6.10 Å². The Morgan fingerprint density at radius 1 is 0.667 bits per heavy atom. The van der Waals surface area contributed by atoms with Crippen molar-refractivity contribution in [2.75, 3.05) is 27.2 Å². The number of rotatable bonds is 18. The van der Waals surface area contributed by atoms with Gasteiger partial charge >= 0.3 is 5.97 Å². The highest BCUT2D eigenvalue weighted by atomic mass is 16.5. The van der Waals surface area contributed by atoms with Gasteiger partial charge in [0.15, 0.2) is 0 Å². The Kier molecular flexibility index (Phi) is 17.2. The minimum Gasteiger partial charge on any atom is -0.461 e. The first-order valence-electron chi connectivity index (χ1n) is 12.0. The van der Waals surface area contributed by atoms with Crippen LogP contribution >= 0.6 is 0 Å². The van der Waals surface area contributed by atoms with Crippen molar-refractivity contribution in [1.82, 2.24) is 9.80 Å². The van der Waals surface area contributed by atoms with Crippen LogP contribution in [-0.2, 0) is 19.1 Å². The van der Waals surface area contributed by atoms with Crippen LogP contribution in [0.2, 0.25) is 0 Å². The van der Waals surface area contributed by atoms with E-state index in [2.05, 4.69) is 13.8 Å². The molecule has 30 heavy (non-hydrogen) atoms. The topological polar surface area (TPSA) is 66.9 Å². The molecule has 0 saturated carbocycles. The zero-order valence-electron chi connectivity index (χ0n) is 20.2. The maximum absolute atomic E-state index is 12.6. The fourth-order valence-electron chi connectivity index (χ4n) is 3.28. The Labute approximate surface area is 184 Å². The third-order valence-corrected chi connectivity index (χ3v) is 5.44. The Morgan fingerprint density at radius 3 is 1.43 bits per heavy atom. The van der Waals surface area contributed by atoms with Crippen LogP contribution in [0.15, 0.2) is 0 Å². The first-order valence-corrected chi connectivity index (χ1v) is 12.0. The minimum absolute atomic E-state index is 0.0628. The standard InChI is InChI=1S/C24H46N2O4/c1-6-9-11-13-15-17-25(4)22(27)19-21(30-24(29)8-3)20-23(28)26(5)18-16-14-12-10-7-2/h21H,6-20H2,1-5H3. The van der Waals surface area contributed by atoms with Gasteiger partial charge in [-0.3, -0.25) is 14.4 Å². The second-order valence-electron chi connectivity index (χ2n) is 8.33.